The van der Waals surface area contributed by atoms with E-state index >= 15 is 0 Å². The van der Waals surface area contributed by atoms with E-state index in [1.54, 1.807) is 42.5 Å². The summed E-state index contributed by atoms with van der Waals surface area (Å²) in [5, 5.41) is 3.24. The summed E-state index contributed by atoms with van der Waals surface area (Å²) in [5.74, 6) is -0.399. The van der Waals surface area contributed by atoms with Gasteiger partial charge in [-0.3, -0.25) is 4.79 Å². The third-order valence-electron chi connectivity index (χ3n) is 4.16. The van der Waals surface area contributed by atoms with Crippen LogP contribution >= 0.6 is 11.6 Å². The van der Waals surface area contributed by atoms with Gasteiger partial charge in [0.25, 0.3) is 5.91 Å². The first-order valence-electron chi connectivity index (χ1n) is 9.06. The van der Waals surface area contributed by atoms with Crippen LogP contribution in [-0.2, 0) is 20.9 Å². The molecule has 0 spiro atoms. The van der Waals surface area contributed by atoms with E-state index in [9.17, 15) is 9.59 Å². The molecule has 6 heteroatoms. The second-order valence-electron chi connectivity index (χ2n) is 6.32. The van der Waals surface area contributed by atoms with Gasteiger partial charge in [-0.2, -0.15) is 0 Å². The number of rotatable bonds is 7. The van der Waals surface area contributed by atoms with Gasteiger partial charge in [-0.15, -0.1) is 0 Å². The quantitative estimate of drug-likeness (QED) is 0.348. The monoisotopic (exact) mass is 409 g/mol. The van der Waals surface area contributed by atoms with Crippen molar-refractivity contribution in [3.8, 4) is 0 Å². The highest BCUT2D eigenvalue weighted by Crippen LogP contribution is 2.22. The van der Waals surface area contributed by atoms with Crippen molar-refractivity contribution < 1.29 is 18.7 Å². The Morgan fingerprint density at radius 2 is 1.79 bits per heavy atom. The molecule has 0 bridgehead atoms. The van der Waals surface area contributed by atoms with Gasteiger partial charge in [0.1, 0.15) is 5.76 Å². The zero-order valence-corrected chi connectivity index (χ0v) is 16.6. The van der Waals surface area contributed by atoms with Crippen molar-refractivity contribution in [2.45, 2.75) is 19.6 Å². The van der Waals surface area contributed by atoms with Crippen molar-refractivity contribution >= 4 is 35.1 Å². The van der Waals surface area contributed by atoms with Crippen molar-refractivity contribution in [1.29, 1.82) is 0 Å². The smallest absolute Gasteiger partial charge is 0.339 e. The molecule has 0 aliphatic heterocycles. The highest BCUT2D eigenvalue weighted by molar-refractivity contribution is 6.30. The zero-order chi connectivity index (χ0) is 20.6. The van der Waals surface area contributed by atoms with E-state index in [2.05, 4.69) is 5.32 Å². The summed E-state index contributed by atoms with van der Waals surface area (Å²) < 4.78 is 10.6. The fourth-order valence-corrected chi connectivity index (χ4v) is 2.74. The summed E-state index contributed by atoms with van der Waals surface area (Å²) in [6, 6.07) is 19.7. The number of hydrogen-bond acceptors (Lipinski definition) is 4. The number of furan rings is 1. The number of amides is 1. The van der Waals surface area contributed by atoms with E-state index in [0.29, 0.717) is 21.9 Å². The van der Waals surface area contributed by atoms with Gasteiger partial charge >= 0.3 is 5.97 Å². The number of esters is 1. The van der Waals surface area contributed by atoms with E-state index in [4.69, 9.17) is 20.8 Å². The average molecular weight is 410 g/mol. The van der Waals surface area contributed by atoms with Gasteiger partial charge in [-0.25, -0.2) is 4.79 Å². The van der Waals surface area contributed by atoms with Crippen molar-refractivity contribution in [2.24, 2.45) is 0 Å². The summed E-state index contributed by atoms with van der Waals surface area (Å²) >= 11 is 5.96. The minimum Gasteiger partial charge on any atom is -0.467 e. The molecular weight excluding hydrogens is 390 g/mol. The second-order valence-corrected chi connectivity index (χ2v) is 6.76. The van der Waals surface area contributed by atoms with Gasteiger partial charge in [0, 0.05) is 5.02 Å². The lowest BCUT2D eigenvalue weighted by Crippen LogP contribution is -2.35. The zero-order valence-electron chi connectivity index (χ0n) is 15.8. The SMILES string of the molecule is C[C@H](OC(=O)/C(=C/c1ccccc1)c1ccc(Cl)cc1)C(=O)NCc1ccco1. The molecule has 1 heterocycles. The maximum absolute atomic E-state index is 12.9. The second kappa shape index (κ2) is 9.75. The summed E-state index contributed by atoms with van der Waals surface area (Å²) in [7, 11) is 0. The van der Waals surface area contributed by atoms with Crippen LogP contribution in [0.2, 0.25) is 5.02 Å². The van der Waals surface area contributed by atoms with Gasteiger partial charge in [0.05, 0.1) is 18.4 Å². The molecule has 1 aromatic heterocycles. The molecule has 3 rings (SSSR count). The molecule has 0 unspecified atom stereocenters. The molecule has 1 atom stereocenters. The number of benzene rings is 2. The maximum atomic E-state index is 12.9. The van der Waals surface area contributed by atoms with E-state index < -0.39 is 18.0 Å². The molecular formula is C23H20ClNO4. The van der Waals surface area contributed by atoms with Crippen LogP contribution in [0.25, 0.3) is 11.6 Å². The van der Waals surface area contributed by atoms with Crippen LogP contribution < -0.4 is 5.32 Å². The van der Waals surface area contributed by atoms with Crippen LogP contribution in [0.4, 0.5) is 0 Å². The standard InChI is InChI=1S/C23H20ClNO4/c1-16(22(26)25-15-20-8-5-13-28-20)29-23(27)21(14-17-6-3-2-4-7-17)18-9-11-19(24)12-10-18/h2-14,16H,15H2,1H3,(H,25,26)/b21-14+/t16-/m0/s1. The third-order valence-corrected chi connectivity index (χ3v) is 4.41. The Hall–Kier alpha value is -3.31. The minimum absolute atomic E-state index is 0.220. The molecule has 148 valence electrons. The number of hydrogen-bond donors (Lipinski definition) is 1. The van der Waals surface area contributed by atoms with Crippen LogP contribution in [0.15, 0.2) is 77.4 Å². The molecule has 2 aromatic carbocycles. The van der Waals surface area contributed by atoms with E-state index in [0.717, 1.165) is 5.56 Å². The van der Waals surface area contributed by atoms with Gasteiger partial charge in [0.15, 0.2) is 6.10 Å². The molecule has 5 nitrogen and oxygen atoms in total. The van der Waals surface area contributed by atoms with Crippen LogP contribution in [0.3, 0.4) is 0 Å². The summed E-state index contributed by atoms with van der Waals surface area (Å²) in [5.41, 5.74) is 1.81. The van der Waals surface area contributed by atoms with Gasteiger partial charge in [0.2, 0.25) is 0 Å². The first kappa shape index (κ1) is 20.4. The lowest BCUT2D eigenvalue weighted by molar-refractivity contribution is -0.149. The summed E-state index contributed by atoms with van der Waals surface area (Å²) in [6.45, 7) is 1.75. The third kappa shape index (κ3) is 5.83. The lowest BCUT2D eigenvalue weighted by atomic mass is 10.0. The lowest BCUT2D eigenvalue weighted by Gasteiger charge is -2.15. The topological polar surface area (TPSA) is 68.5 Å². The molecule has 0 aliphatic rings. The van der Waals surface area contributed by atoms with Crippen LogP contribution in [0.5, 0.6) is 0 Å². The molecule has 0 fully saturated rings. The fourth-order valence-electron chi connectivity index (χ4n) is 2.61. The van der Waals surface area contributed by atoms with Gasteiger partial charge in [-0.05, 0) is 48.4 Å². The molecule has 1 N–H and O–H groups in total. The van der Waals surface area contributed by atoms with Crippen molar-refractivity contribution in [2.75, 3.05) is 0 Å². The van der Waals surface area contributed by atoms with Crippen molar-refractivity contribution in [3.05, 3.63) is 94.9 Å². The van der Waals surface area contributed by atoms with Crippen LogP contribution in [0.1, 0.15) is 23.8 Å². The maximum Gasteiger partial charge on any atom is 0.339 e. The molecule has 0 saturated carbocycles. The van der Waals surface area contributed by atoms with Crippen molar-refractivity contribution in [1.82, 2.24) is 5.32 Å². The number of nitrogens with one attached hydrogen (secondary N) is 1. The normalized spacial score (nSPS) is 12.3. The predicted molar refractivity (Wildman–Crippen MR) is 112 cm³/mol. The molecule has 0 radical (unpaired) electrons. The Morgan fingerprint density at radius 3 is 2.45 bits per heavy atom. The molecule has 0 saturated heterocycles. The molecule has 1 amide bonds. The fraction of sp³-hybridized carbons (Fsp3) is 0.130. The number of ether oxygens (including phenoxy) is 1. The summed E-state index contributed by atoms with van der Waals surface area (Å²) in [6.07, 6.45) is 2.28. The van der Waals surface area contributed by atoms with Crippen molar-refractivity contribution in [3.63, 3.8) is 0 Å². The van der Waals surface area contributed by atoms with E-state index in [1.807, 2.05) is 30.3 Å². The highest BCUT2D eigenvalue weighted by atomic mass is 35.5. The summed E-state index contributed by atoms with van der Waals surface area (Å²) in [4.78, 5) is 25.1. The Balaban J connectivity index is 1.74. The Kier molecular flexibility index (Phi) is 6.87. The first-order valence-corrected chi connectivity index (χ1v) is 9.44. The van der Waals surface area contributed by atoms with Gasteiger partial charge < -0.3 is 14.5 Å². The average Bonchev–Trinajstić information content (AvgIpc) is 3.25. The van der Waals surface area contributed by atoms with Gasteiger partial charge in [-0.1, -0.05) is 54.1 Å². The van der Waals surface area contributed by atoms with Crippen LogP contribution in [-0.4, -0.2) is 18.0 Å². The molecule has 0 aliphatic carbocycles. The number of carbonyl (C=O) groups is 2. The van der Waals surface area contributed by atoms with E-state index in [1.165, 1.54) is 13.2 Å². The van der Waals surface area contributed by atoms with E-state index in [-0.39, 0.29) is 6.54 Å². The Bertz CT molecular complexity index is 979. The van der Waals surface area contributed by atoms with Crippen LogP contribution in [0, 0.1) is 0 Å². The molecule has 3 aromatic rings. The Labute approximate surface area is 173 Å². The first-order chi connectivity index (χ1) is 14.0. The minimum atomic E-state index is -0.969. The highest BCUT2D eigenvalue weighted by Gasteiger charge is 2.21. The molecule has 29 heavy (non-hydrogen) atoms. The predicted octanol–water partition coefficient (Wildman–Crippen LogP) is 4.72. The Morgan fingerprint density at radius 1 is 1.07 bits per heavy atom. The number of halogens is 1. The number of carbonyl (C=O) groups excluding carboxylic acids is 2. The largest absolute Gasteiger partial charge is 0.467 e.